The molecule has 0 spiro atoms. The van der Waals surface area contributed by atoms with Crippen LogP contribution in [0.1, 0.15) is 67.7 Å². The Balaban J connectivity index is 1.42. The van der Waals surface area contributed by atoms with Crippen molar-refractivity contribution in [2.75, 3.05) is 0 Å². The lowest BCUT2D eigenvalue weighted by Gasteiger charge is -2.32. The number of fused-ring (bicyclic) bond motifs is 2. The van der Waals surface area contributed by atoms with Crippen molar-refractivity contribution < 1.29 is 4.79 Å². The third kappa shape index (κ3) is 2.64. The highest BCUT2D eigenvalue weighted by molar-refractivity contribution is 5.88. The van der Waals surface area contributed by atoms with Crippen LogP contribution in [0.15, 0.2) is 12.1 Å². The molecule has 0 unspecified atom stereocenters. The van der Waals surface area contributed by atoms with E-state index in [1.54, 1.807) is 11.1 Å². The van der Waals surface area contributed by atoms with Crippen LogP contribution in [0.25, 0.3) is 0 Å². The summed E-state index contributed by atoms with van der Waals surface area (Å²) in [7, 11) is 0. The summed E-state index contributed by atoms with van der Waals surface area (Å²) in [6.07, 6.45) is 12.6. The van der Waals surface area contributed by atoms with Crippen LogP contribution >= 0.6 is 0 Å². The van der Waals surface area contributed by atoms with Crippen LogP contribution in [0.5, 0.6) is 0 Å². The van der Waals surface area contributed by atoms with E-state index >= 15 is 0 Å². The van der Waals surface area contributed by atoms with E-state index in [0.717, 1.165) is 17.8 Å². The Hall–Kier alpha value is -1.11. The van der Waals surface area contributed by atoms with Gasteiger partial charge in [-0.3, -0.25) is 4.79 Å². The van der Waals surface area contributed by atoms with Gasteiger partial charge >= 0.3 is 0 Å². The zero-order valence-electron chi connectivity index (χ0n) is 13.9. The molecule has 1 heteroatoms. The van der Waals surface area contributed by atoms with Gasteiger partial charge in [-0.05, 0) is 65.7 Å². The van der Waals surface area contributed by atoms with Gasteiger partial charge in [0.1, 0.15) is 5.78 Å². The van der Waals surface area contributed by atoms with Crippen LogP contribution in [-0.2, 0) is 30.5 Å². The standard InChI is InChI=1S/C21H28O/c1-2-3-14-4-6-15(7-5-14)16-8-17-10-19-12-21(22)13-20(19)11-18(17)9-16/h10-11,14-16H,2-9,12-13H2,1H3. The lowest BCUT2D eigenvalue weighted by Crippen LogP contribution is -2.22. The second-order valence-corrected chi connectivity index (χ2v) is 8.02. The number of hydrogen-bond donors (Lipinski definition) is 0. The first-order valence-corrected chi connectivity index (χ1v) is 9.38. The monoisotopic (exact) mass is 296 g/mol. The molecule has 0 radical (unpaired) electrons. The van der Waals surface area contributed by atoms with Gasteiger partial charge in [-0.25, -0.2) is 0 Å². The summed E-state index contributed by atoms with van der Waals surface area (Å²) in [4.78, 5) is 11.6. The predicted octanol–water partition coefficient (Wildman–Crippen LogP) is 4.68. The maximum atomic E-state index is 11.6. The molecular weight excluding hydrogens is 268 g/mol. The first-order valence-electron chi connectivity index (χ1n) is 9.38. The lowest BCUT2D eigenvalue weighted by molar-refractivity contribution is -0.117. The number of ketones is 1. The molecule has 1 nitrogen and oxygen atoms in total. The minimum absolute atomic E-state index is 0.407. The fourth-order valence-electron chi connectivity index (χ4n) is 5.31. The van der Waals surface area contributed by atoms with E-state index < -0.39 is 0 Å². The van der Waals surface area contributed by atoms with Gasteiger partial charge in [0, 0.05) is 12.8 Å². The molecule has 0 saturated heterocycles. The van der Waals surface area contributed by atoms with Crippen molar-refractivity contribution in [2.24, 2.45) is 17.8 Å². The predicted molar refractivity (Wildman–Crippen MR) is 90.1 cm³/mol. The van der Waals surface area contributed by atoms with Crippen molar-refractivity contribution in [3.05, 3.63) is 34.4 Å². The SMILES string of the molecule is CCCC1CCC(C2Cc3cc4c(cc3C2)CC(=O)C4)CC1. The van der Waals surface area contributed by atoms with Gasteiger partial charge < -0.3 is 0 Å². The lowest BCUT2D eigenvalue weighted by atomic mass is 9.74. The Labute approximate surface area is 134 Å². The summed E-state index contributed by atoms with van der Waals surface area (Å²) in [5.74, 6) is 3.26. The summed E-state index contributed by atoms with van der Waals surface area (Å²) in [6.45, 7) is 2.32. The molecule has 1 fully saturated rings. The Morgan fingerprint density at radius 2 is 1.45 bits per heavy atom. The number of rotatable bonds is 3. The van der Waals surface area contributed by atoms with Crippen LogP contribution in [0.2, 0.25) is 0 Å². The van der Waals surface area contributed by atoms with Crippen LogP contribution in [0, 0.1) is 17.8 Å². The molecular formula is C21H28O. The summed E-state index contributed by atoms with van der Waals surface area (Å²) in [6, 6.07) is 4.75. The largest absolute Gasteiger partial charge is 0.299 e. The van der Waals surface area contributed by atoms with Crippen molar-refractivity contribution in [2.45, 2.75) is 71.1 Å². The fraction of sp³-hybridized carbons (Fsp3) is 0.667. The quantitative estimate of drug-likeness (QED) is 0.792. The smallest absolute Gasteiger partial charge is 0.141 e. The molecule has 4 rings (SSSR count). The van der Waals surface area contributed by atoms with Crippen LogP contribution in [0.3, 0.4) is 0 Å². The number of carbonyl (C=O) groups excluding carboxylic acids is 1. The minimum Gasteiger partial charge on any atom is -0.299 e. The van der Waals surface area contributed by atoms with E-state index in [4.69, 9.17) is 0 Å². The van der Waals surface area contributed by atoms with Crippen LogP contribution < -0.4 is 0 Å². The van der Waals surface area contributed by atoms with Gasteiger partial charge in [-0.1, -0.05) is 44.7 Å². The molecule has 0 amide bonds. The van der Waals surface area contributed by atoms with Gasteiger partial charge in [-0.2, -0.15) is 0 Å². The van der Waals surface area contributed by atoms with Crippen molar-refractivity contribution in [3.63, 3.8) is 0 Å². The van der Waals surface area contributed by atoms with Gasteiger partial charge in [0.05, 0.1) is 0 Å². The molecule has 0 N–H and O–H groups in total. The molecule has 0 bridgehead atoms. The van der Waals surface area contributed by atoms with Crippen LogP contribution in [-0.4, -0.2) is 5.78 Å². The maximum absolute atomic E-state index is 11.6. The zero-order valence-corrected chi connectivity index (χ0v) is 13.9. The molecule has 1 saturated carbocycles. The van der Waals surface area contributed by atoms with Crippen LogP contribution in [0.4, 0.5) is 0 Å². The highest BCUT2D eigenvalue weighted by Gasteiger charge is 2.33. The molecule has 1 aromatic carbocycles. The van der Waals surface area contributed by atoms with E-state index in [1.807, 2.05) is 0 Å². The first-order chi connectivity index (χ1) is 10.7. The summed E-state index contributed by atoms with van der Waals surface area (Å²) in [5, 5.41) is 0. The minimum atomic E-state index is 0.407. The zero-order chi connectivity index (χ0) is 15.1. The Morgan fingerprint density at radius 1 is 0.864 bits per heavy atom. The van der Waals surface area contributed by atoms with E-state index in [0.29, 0.717) is 18.6 Å². The van der Waals surface area contributed by atoms with E-state index in [-0.39, 0.29) is 0 Å². The molecule has 0 atom stereocenters. The fourth-order valence-corrected chi connectivity index (χ4v) is 5.31. The third-order valence-electron chi connectivity index (χ3n) is 6.52. The van der Waals surface area contributed by atoms with Gasteiger partial charge in [0.25, 0.3) is 0 Å². The van der Waals surface area contributed by atoms with Gasteiger partial charge in [-0.15, -0.1) is 0 Å². The summed E-state index contributed by atoms with van der Waals surface area (Å²) < 4.78 is 0. The molecule has 0 aliphatic heterocycles. The second-order valence-electron chi connectivity index (χ2n) is 8.02. The molecule has 3 aliphatic carbocycles. The average Bonchev–Trinajstić information content (AvgIpc) is 3.07. The van der Waals surface area contributed by atoms with Crippen molar-refractivity contribution in [3.8, 4) is 0 Å². The number of hydrogen-bond acceptors (Lipinski definition) is 1. The Bertz CT molecular complexity index is 541. The van der Waals surface area contributed by atoms with Crippen molar-refractivity contribution in [1.82, 2.24) is 0 Å². The molecule has 118 valence electrons. The molecule has 22 heavy (non-hydrogen) atoms. The summed E-state index contributed by atoms with van der Waals surface area (Å²) >= 11 is 0. The van der Waals surface area contributed by atoms with Gasteiger partial charge in [0.2, 0.25) is 0 Å². The van der Waals surface area contributed by atoms with E-state index in [1.165, 1.54) is 62.5 Å². The highest BCUT2D eigenvalue weighted by Crippen LogP contribution is 2.42. The maximum Gasteiger partial charge on any atom is 0.141 e. The number of Topliss-reactive ketones (excluding diaryl/α,β-unsaturated/α-hetero) is 1. The molecule has 0 aromatic heterocycles. The van der Waals surface area contributed by atoms with Crippen molar-refractivity contribution in [1.29, 1.82) is 0 Å². The highest BCUT2D eigenvalue weighted by atomic mass is 16.1. The Kier molecular flexibility index (Phi) is 3.84. The second kappa shape index (κ2) is 5.83. The van der Waals surface area contributed by atoms with Crippen molar-refractivity contribution >= 4 is 5.78 Å². The first kappa shape index (κ1) is 14.5. The molecule has 1 aromatic rings. The number of benzene rings is 1. The third-order valence-corrected chi connectivity index (χ3v) is 6.52. The molecule has 0 heterocycles. The molecule has 3 aliphatic rings. The van der Waals surface area contributed by atoms with Gasteiger partial charge in [0.15, 0.2) is 0 Å². The van der Waals surface area contributed by atoms with E-state index in [2.05, 4.69) is 19.1 Å². The normalized spacial score (nSPS) is 28.0. The van der Waals surface area contributed by atoms with E-state index in [9.17, 15) is 4.79 Å². The Morgan fingerprint density at radius 3 is 2.00 bits per heavy atom. The number of carbonyl (C=O) groups is 1. The topological polar surface area (TPSA) is 17.1 Å². The average molecular weight is 296 g/mol. The summed E-state index contributed by atoms with van der Waals surface area (Å²) in [5.41, 5.74) is 5.79.